The van der Waals surface area contributed by atoms with Gasteiger partial charge in [0.1, 0.15) is 5.82 Å². The fraction of sp³-hybridized carbons (Fsp3) is 0.579. The number of guanidine groups is 1. The van der Waals surface area contributed by atoms with Gasteiger partial charge in [0.25, 0.3) is 0 Å². The standard InChI is InChI=1S/C19H29FN4OS.HI/c1-4-21-18(24-10-11-26-19(2,3)14-24)23-9-8-22-17(25)13-15-6-5-7-16(20)12-15;/h5-7,12H,4,8-11,13-14H2,1-3H3,(H,21,23)(H,22,25);1H. The van der Waals surface area contributed by atoms with Crippen LogP contribution in [0.15, 0.2) is 29.3 Å². The largest absolute Gasteiger partial charge is 0.357 e. The molecule has 0 unspecified atom stereocenters. The molecule has 8 heteroatoms. The van der Waals surface area contributed by atoms with Crippen LogP contribution in [0.25, 0.3) is 0 Å². The molecule has 0 aliphatic carbocycles. The smallest absolute Gasteiger partial charge is 0.224 e. The van der Waals surface area contributed by atoms with E-state index in [9.17, 15) is 9.18 Å². The average molecular weight is 508 g/mol. The lowest BCUT2D eigenvalue weighted by Crippen LogP contribution is -2.51. The number of hydrogen-bond acceptors (Lipinski definition) is 3. The monoisotopic (exact) mass is 508 g/mol. The number of thioether (sulfide) groups is 1. The van der Waals surface area contributed by atoms with Crippen LogP contribution in [0.5, 0.6) is 0 Å². The van der Waals surface area contributed by atoms with Crippen LogP contribution in [0.2, 0.25) is 0 Å². The maximum Gasteiger partial charge on any atom is 0.224 e. The van der Waals surface area contributed by atoms with Gasteiger partial charge in [-0.3, -0.25) is 9.79 Å². The quantitative estimate of drug-likeness (QED) is 0.269. The van der Waals surface area contributed by atoms with Crippen molar-refractivity contribution in [2.24, 2.45) is 4.99 Å². The summed E-state index contributed by atoms with van der Waals surface area (Å²) in [6, 6.07) is 6.12. The molecule has 2 rings (SSSR count). The number of halogens is 2. The number of aliphatic imine (C=N–C) groups is 1. The highest BCUT2D eigenvalue weighted by molar-refractivity contribution is 14.0. The lowest BCUT2D eigenvalue weighted by Gasteiger charge is -2.39. The summed E-state index contributed by atoms with van der Waals surface area (Å²) in [6.45, 7) is 10.3. The van der Waals surface area contributed by atoms with Gasteiger partial charge in [0.2, 0.25) is 5.91 Å². The van der Waals surface area contributed by atoms with Crippen molar-refractivity contribution in [3.8, 4) is 0 Å². The Hall–Kier alpha value is -1.03. The second-order valence-corrected chi connectivity index (χ2v) is 8.72. The van der Waals surface area contributed by atoms with Gasteiger partial charge in [-0.2, -0.15) is 11.8 Å². The molecule has 0 bridgehead atoms. The summed E-state index contributed by atoms with van der Waals surface area (Å²) >= 11 is 1.99. The van der Waals surface area contributed by atoms with E-state index in [0.717, 1.165) is 31.3 Å². The van der Waals surface area contributed by atoms with Crippen molar-refractivity contribution in [3.63, 3.8) is 0 Å². The van der Waals surface area contributed by atoms with Crippen LogP contribution in [0.3, 0.4) is 0 Å². The molecule has 0 radical (unpaired) electrons. The van der Waals surface area contributed by atoms with Crippen molar-refractivity contribution >= 4 is 47.6 Å². The van der Waals surface area contributed by atoms with E-state index < -0.39 is 0 Å². The number of carbonyl (C=O) groups excluding carboxylic acids is 1. The van der Waals surface area contributed by atoms with E-state index in [4.69, 9.17) is 0 Å². The SMILES string of the molecule is CCNC(=NCCNC(=O)Cc1cccc(F)c1)N1CCSC(C)(C)C1.I. The van der Waals surface area contributed by atoms with Gasteiger partial charge >= 0.3 is 0 Å². The van der Waals surface area contributed by atoms with E-state index in [1.54, 1.807) is 12.1 Å². The molecule has 1 amide bonds. The number of benzene rings is 1. The molecule has 1 heterocycles. The fourth-order valence-corrected chi connectivity index (χ4v) is 3.99. The van der Waals surface area contributed by atoms with Crippen molar-refractivity contribution in [3.05, 3.63) is 35.6 Å². The van der Waals surface area contributed by atoms with Crippen LogP contribution in [0.4, 0.5) is 4.39 Å². The van der Waals surface area contributed by atoms with Crippen molar-refractivity contribution in [2.45, 2.75) is 31.9 Å². The summed E-state index contributed by atoms with van der Waals surface area (Å²) in [5.74, 6) is 1.55. The molecular formula is C19H30FIN4OS. The number of amides is 1. The normalized spacial score (nSPS) is 16.4. The van der Waals surface area contributed by atoms with Crippen LogP contribution >= 0.6 is 35.7 Å². The molecule has 27 heavy (non-hydrogen) atoms. The molecule has 0 saturated carbocycles. The molecule has 0 aromatic heterocycles. The first kappa shape index (κ1) is 24.0. The molecule has 152 valence electrons. The third kappa shape index (κ3) is 8.68. The van der Waals surface area contributed by atoms with E-state index in [1.165, 1.54) is 12.1 Å². The highest BCUT2D eigenvalue weighted by Crippen LogP contribution is 2.29. The third-order valence-corrected chi connectivity index (χ3v) is 5.31. The Bertz CT molecular complexity index is 642. The molecule has 1 saturated heterocycles. The minimum Gasteiger partial charge on any atom is -0.357 e. The third-order valence-electron chi connectivity index (χ3n) is 4.01. The second-order valence-electron chi connectivity index (χ2n) is 6.92. The summed E-state index contributed by atoms with van der Waals surface area (Å²) in [5.41, 5.74) is 0.674. The molecule has 1 fully saturated rings. The highest BCUT2D eigenvalue weighted by atomic mass is 127. The first-order valence-electron chi connectivity index (χ1n) is 9.08. The van der Waals surface area contributed by atoms with E-state index in [2.05, 4.69) is 41.3 Å². The Morgan fingerprint density at radius 2 is 2.15 bits per heavy atom. The molecule has 1 aromatic carbocycles. The summed E-state index contributed by atoms with van der Waals surface area (Å²) in [7, 11) is 0. The number of nitrogens with zero attached hydrogens (tertiary/aromatic N) is 2. The molecule has 1 aliphatic heterocycles. The van der Waals surface area contributed by atoms with Crippen LogP contribution < -0.4 is 10.6 Å². The zero-order valence-corrected chi connectivity index (χ0v) is 19.4. The van der Waals surface area contributed by atoms with Crippen LogP contribution in [-0.2, 0) is 11.2 Å². The predicted molar refractivity (Wildman–Crippen MR) is 123 cm³/mol. The Balaban J connectivity index is 0.00000364. The van der Waals surface area contributed by atoms with Crippen LogP contribution in [-0.4, -0.2) is 60.0 Å². The van der Waals surface area contributed by atoms with E-state index in [-0.39, 0.29) is 46.9 Å². The topological polar surface area (TPSA) is 56.7 Å². The van der Waals surface area contributed by atoms with Crippen molar-refractivity contribution in [2.75, 3.05) is 38.5 Å². The molecule has 0 atom stereocenters. The molecule has 0 spiro atoms. The van der Waals surface area contributed by atoms with Crippen molar-refractivity contribution < 1.29 is 9.18 Å². The summed E-state index contributed by atoms with van der Waals surface area (Å²) in [6.07, 6.45) is 0.180. The summed E-state index contributed by atoms with van der Waals surface area (Å²) < 4.78 is 13.4. The number of nitrogens with one attached hydrogen (secondary N) is 2. The van der Waals surface area contributed by atoms with Crippen molar-refractivity contribution in [1.29, 1.82) is 0 Å². The van der Waals surface area contributed by atoms with Gasteiger partial charge in [-0.25, -0.2) is 4.39 Å². The number of rotatable bonds is 6. The van der Waals surface area contributed by atoms with Crippen molar-refractivity contribution in [1.82, 2.24) is 15.5 Å². The minimum absolute atomic E-state index is 0. The van der Waals surface area contributed by atoms with Gasteiger partial charge in [-0.15, -0.1) is 24.0 Å². The molecule has 5 nitrogen and oxygen atoms in total. The van der Waals surface area contributed by atoms with Gasteiger partial charge in [0.15, 0.2) is 5.96 Å². The fourth-order valence-electron chi connectivity index (χ4n) is 2.88. The van der Waals surface area contributed by atoms with Gasteiger partial charge < -0.3 is 15.5 Å². The van der Waals surface area contributed by atoms with Crippen LogP contribution in [0, 0.1) is 5.82 Å². The Kier molecular flexibility index (Phi) is 10.4. The maximum atomic E-state index is 13.2. The minimum atomic E-state index is -0.321. The first-order valence-corrected chi connectivity index (χ1v) is 10.1. The van der Waals surface area contributed by atoms with E-state index in [0.29, 0.717) is 18.7 Å². The van der Waals surface area contributed by atoms with Gasteiger partial charge in [0.05, 0.1) is 13.0 Å². The van der Waals surface area contributed by atoms with E-state index >= 15 is 0 Å². The van der Waals surface area contributed by atoms with Crippen LogP contribution in [0.1, 0.15) is 26.3 Å². The highest BCUT2D eigenvalue weighted by Gasteiger charge is 2.28. The maximum absolute atomic E-state index is 13.2. The molecule has 1 aromatic rings. The lowest BCUT2D eigenvalue weighted by atomic mass is 10.1. The summed E-state index contributed by atoms with van der Waals surface area (Å²) in [5, 5.41) is 6.18. The first-order chi connectivity index (χ1) is 12.4. The van der Waals surface area contributed by atoms with Gasteiger partial charge in [0, 0.05) is 36.7 Å². The average Bonchev–Trinajstić information content (AvgIpc) is 2.56. The number of hydrogen-bond donors (Lipinski definition) is 2. The molecule has 2 N–H and O–H groups in total. The zero-order valence-electron chi connectivity index (χ0n) is 16.3. The Morgan fingerprint density at radius 3 is 2.81 bits per heavy atom. The predicted octanol–water partition coefficient (Wildman–Crippen LogP) is 2.90. The van der Waals surface area contributed by atoms with Gasteiger partial charge in [-0.05, 0) is 38.5 Å². The summed E-state index contributed by atoms with van der Waals surface area (Å²) in [4.78, 5) is 18.9. The lowest BCUT2D eigenvalue weighted by molar-refractivity contribution is -0.120. The molecular weight excluding hydrogens is 478 g/mol. The Morgan fingerprint density at radius 1 is 1.37 bits per heavy atom. The van der Waals surface area contributed by atoms with Gasteiger partial charge in [-0.1, -0.05) is 12.1 Å². The number of carbonyl (C=O) groups is 1. The molecule has 1 aliphatic rings. The second kappa shape index (κ2) is 11.7. The Labute approximate surface area is 183 Å². The zero-order chi connectivity index (χ0) is 19.0. The van der Waals surface area contributed by atoms with E-state index in [1.807, 2.05) is 11.8 Å².